The van der Waals surface area contributed by atoms with Crippen molar-refractivity contribution >= 4 is 29.3 Å². The Hall–Kier alpha value is -2.47. The number of carbonyl (C=O) groups excluding carboxylic acids is 2. The highest BCUT2D eigenvalue weighted by molar-refractivity contribution is 7.99. The molecule has 0 atom stereocenters. The summed E-state index contributed by atoms with van der Waals surface area (Å²) in [6.45, 7) is 2.04. The number of aryl methyl sites for hydroxylation is 1. The van der Waals surface area contributed by atoms with Crippen molar-refractivity contribution in [3.8, 4) is 5.75 Å². The molecule has 132 valence electrons. The number of anilines is 1. The summed E-state index contributed by atoms with van der Waals surface area (Å²) in [7, 11) is 2.81. The summed E-state index contributed by atoms with van der Waals surface area (Å²) < 4.78 is 9.87. The van der Waals surface area contributed by atoms with Crippen LogP contribution in [0.1, 0.15) is 21.5 Å². The van der Waals surface area contributed by atoms with Crippen molar-refractivity contribution in [1.82, 2.24) is 0 Å². The van der Waals surface area contributed by atoms with E-state index in [0.717, 1.165) is 5.75 Å². The molecule has 0 aliphatic carbocycles. The minimum atomic E-state index is -0.526. The second-order valence-electron chi connectivity index (χ2n) is 5.43. The molecule has 0 aromatic heterocycles. The van der Waals surface area contributed by atoms with Crippen LogP contribution in [-0.4, -0.2) is 31.8 Å². The Morgan fingerprint density at radius 3 is 2.60 bits per heavy atom. The maximum absolute atomic E-state index is 12.2. The predicted octanol–water partition coefficient (Wildman–Crippen LogP) is 3.66. The first-order valence-electron chi connectivity index (χ1n) is 7.73. The molecule has 1 N–H and O–H groups in total. The van der Waals surface area contributed by atoms with Gasteiger partial charge in [-0.25, -0.2) is 4.79 Å². The molecule has 0 radical (unpaired) electrons. The van der Waals surface area contributed by atoms with Gasteiger partial charge in [0.25, 0.3) is 0 Å². The monoisotopic (exact) mass is 359 g/mol. The van der Waals surface area contributed by atoms with Crippen molar-refractivity contribution in [2.45, 2.75) is 12.7 Å². The normalized spacial score (nSPS) is 10.2. The van der Waals surface area contributed by atoms with E-state index >= 15 is 0 Å². The van der Waals surface area contributed by atoms with Crippen molar-refractivity contribution in [3.05, 3.63) is 59.2 Å². The molecule has 0 aliphatic heterocycles. The minimum Gasteiger partial charge on any atom is -0.497 e. The van der Waals surface area contributed by atoms with Gasteiger partial charge < -0.3 is 14.8 Å². The molecule has 6 heteroatoms. The van der Waals surface area contributed by atoms with Gasteiger partial charge in [0, 0.05) is 5.75 Å². The van der Waals surface area contributed by atoms with Crippen LogP contribution in [0.25, 0.3) is 0 Å². The Morgan fingerprint density at radius 1 is 1.12 bits per heavy atom. The van der Waals surface area contributed by atoms with E-state index in [9.17, 15) is 9.59 Å². The molecule has 0 heterocycles. The first-order chi connectivity index (χ1) is 12.0. The SMILES string of the molecule is COC(=O)c1cc(OC)ccc1NC(=O)CSCc1cccc(C)c1. The Morgan fingerprint density at radius 2 is 1.92 bits per heavy atom. The smallest absolute Gasteiger partial charge is 0.340 e. The van der Waals surface area contributed by atoms with Gasteiger partial charge in [-0.3, -0.25) is 4.79 Å². The molecule has 2 aromatic carbocycles. The van der Waals surface area contributed by atoms with E-state index in [2.05, 4.69) is 11.4 Å². The molecule has 0 unspecified atom stereocenters. The van der Waals surface area contributed by atoms with Crippen LogP contribution in [0.5, 0.6) is 5.75 Å². The van der Waals surface area contributed by atoms with E-state index in [1.165, 1.54) is 37.1 Å². The van der Waals surface area contributed by atoms with Crippen molar-refractivity contribution in [1.29, 1.82) is 0 Å². The first kappa shape index (κ1) is 18.9. The Bertz CT molecular complexity index is 761. The molecule has 0 aliphatic rings. The third-order valence-corrected chi connectivity index (χ3v) is 4.49. The molecule has 25 heavy (non-hydrogen) atoms. The number of benzene rings is 2. The van der Waals surface area contributed by atoms with Crippen LogP contribution < -0.4 is 10.1 Å². The van der Waals surface area contributed by atoms with Gasteiger partial charge in [0.1, 0.15) is 5.75 Å². The number of esters is 1. The van der Waals surface area contributed by atoms with E-state index < -0.39 is 5.97 Å². The lowest BCUT2D eigenvalue weighted by molar-refractivity contribution is -0.113. The number of thioether (sulfide) groups is 1. The largest absolute Gasteiger partial charge is 0.497 e. The number of hydrogen-bond acceptors (Lipinski definition) is 5. The lowest BCUT2D eigenvalue weighted by Crippen LogP contribution is -2.17. The second-order valence-corrected chi connectivity index (χ2v) is 6.42. The highest BCUT2D eigenvalue weighted by Crippen LogP contribution is 2.23. The maximum atomic E-state index is 12.2. The van der Waals surface area contributed by atoms with Crippen molar-refractivity contribution < 1.29 is 19.1 Å². The zero-order valence-electron chi connectivity index (χ0n) is 14.5. The molecule has 1 amide bonds. The van der Waals surface area contributed by atoms with Gasteiger partial charge in [-0.15, -0.1) is 11.8 Å². The zero-order chi connectivity index (χ0) is 18.2. The van der Waals surface area contributed by atoms with E-state index in [4.69, 9.17) is 9.47 Å². The van der Waals surface area contributed by atoms with Gasteiger partial charge in [0.05, 0.1) is 31.2 Å². The van der Waals surface area contributed by atoms with Gasteiger partial charge >= 0.3 is 5.97 Å². The topological polar surface area (TPSA) is 64.6 Å². The van der Waals surface area contributed by atoms with Gasteiger partial charge in [-0.05, 0) is 30.7 Å². The molecule has 0 spiro atoms. The average molecular weight is 359 g/mol. The number of ether oxygens (including phenoxy) is 2. The lowest BCUT2D eigenvalue weighted by Gasteiger charge is -2.11. The van der Waals surface area contributed by atoms with Crippen molar-refractivity contribution in [2.24, 2.45) is 0 Å². The summed E-state index contributed by atoms with van der Waals surface area (Å²) in [5.74, 6) is 0.865. The molecule has 0 bridgehead atoms. The third kappa shape index (κ3) is 5.53. The standard InChI is InChI=1S/C19H21NO4S/c1-13-5-4-6-14(9-13)11-25-12-18(21)20-17-8-7-15(23-2)10-16(17)19(22)24-3/h4-10H,11-12H2,1-3H3,(H,20,21). The van der Waals surface area contributed by atoms with Crippen LogP contribution in [0.15, 0.2) is 42.5 Å². The maximum Gasteiger partial charge on any atom is 0.340 e. The van der Waals surface area contributed by atoms with Crippen LogP contribution in [-0.2, 0) is 15.3 Å². The van der Waals surface area contributed by atoms with E-state index in [-0.39, 0.29) is 11.5 Å². The third-order valence-electron chi connectivity index (χ3n) is 3.49. The van der Waals surface area contributed by atoms with Gasteiger partial charge in [0.15, 0.2) is 0 Å². The summed E-state index contributed by atoms with van der Waals surface area (Å²) in [6, 6.07) is 13.0. The minimum absolute atomic E-state index is 0.173. The molecule has 2 rings (SSSR count). The van der Waals surface area contributed by atoms with E-state index in [1.807, 2.05) is 25.1 Å². The van der Waals surface area contributed by atoms with Gasteiger partial charge in [-0.1, -0.05) is 29.8 Å². The van der Waals surface area contributed by atoms with Crippen molar-refractivity contribution in [3.63, 3.8) is 0 Å². The molecule has 2 aromatic rings. The number of nitrogens with one attached hydrogen (secondary N) is 1. The summed E-state index contributed by atoms with van der Waals surface area (Å²) in [6.07, 6.45) is 0. The molecule has 5 nitrogen and oxygen atoms in total. The van der Waals surface area contributed by atoms with E-state index in [0.29, 0.717) is 17.2 Å². The molecule has 0 fully saturated rings. The number of methoxy groups -OCH3 is 2. The fourth-order valence-electron chi connectivity index (χ4n) is 2.29. The zero-order valence-corrected chi connectivity index (χ0v) is 15.3. The quantitative estimate of drug-likeness (QED) is 0.764. The second kappa shape index (κ2) is 9.13. The summed E-state index contributed by atoms with van der Waals surface area (Å²) >= 11 is 1.52. The molecule has 0 saturated carbocycles. The Kier molecular flexibility index (Phi) is 6.89. The van der Waals surface area contributed by atoms with Gasteiger partial charge in [-0.2, -0.15) is 0 Å². The Balaban J connectivity index is 1.96. The number of rotatable bonds is 7. The number of carbonyl (C=O) groups is 2. The number of amides is 1. The number of hydrogen-bond donors (Lipinski definition) is 1. The lowest BCUT2D eigenvalue weighted by atomic mass is 10.1. The predicted molar refractivity (Wildman–Crippen MR) is 100 cm³/mol. The first-order valence-corrected chi connectivity index (χ1v) is 8.88. The fourth-order valence-corrected chi connectivity index (χ4v) is 3.06. The van der Waals surface area contributed by atoms with Crippen molar-refractivity contribution in [2.75, 3.05) is 25.3 Å². The summed E-state index contributed by atoms with van der Waals surface area (Å²) in [5, 5.41) is 2.76. The molecular formula is C19H21NO4S. The van der Waals surface area contributed by atoms with Crippen LogP contribution in [0.2, 0.25) is 0 Å². The van der Waals surface area contributed by atoms with Crippen LogP contribution in [0, 0.1) is 6.92 Å². The highest BCUT2D eigenvalue weighted by atomic mass is 32.2. The Labute approximate surface area is 151 Å². The highest BCUT2D eigenvalue weighted by Gasteiger charge is 2.15. The van der Waals surface area contributed by atoms with E-state index in [1.54, 1.807) is 18.2 Å². The summed E-state index contributed by atoms with van der Waals surface area (Å²) in [4.78, 5) is 24.1. The fraction of sp³-hybridized carbons (Fsp3) is 0.263. The van der Waals surface area contributed by atoms with Crippen LogP contribution in [0.4, 0.5) is 5.69 Å². The average Bonchev–Trinajstić information content (AvgIpc) is 2.61. The summed E-state index contributed by atoms with van der Waals surface area (Å²) in [5.41, 5.74) is 3.05. The molecule has 0 saturated heterocycles. The van der Waals surface area contributed by atoms with Crippen LogP contribution in [0.3, 0.4) is 0 Å². The van der Waals surface area contributed by atoms with Gasteiger partial charge in [0.2, 0.25) is 5.91 Å². The molecular weight excluding hydrogens is 338 g/mol. The van der Waals surface area contributed by atoms with Crippen LogP contribution >= 0.6 is 11.8 Å².